The van der Waals surface area contributed by atoms with Gasteiger partial charge in [0.15, 0.2) is 5.78 Å². The molecule has 0 aliphatic heterocycles. The molecule has 2 atom stereocenters. The van der Waals surface area contributed by atoms with Crippen LogP contribution in [0.3, 0.4) is 0 Å². The van der Waals surface area contributed by atoms with E-state index in [-0.39, 0.29) is 42.8 Å². The molecule has 2 unspecified atom stereocenters. The first-order valence-electron chi connectivity index (χ1n) is 10.4. The Hall–Kier alpha value is -2.67. The number of hydrogen-bond donors (Lipinski definition) is 2. The number of aromatic nitrogens is 2. The Bertz CT molecular complexity index is 978. The number of carbonyl (C=O) groups excluding carboxylic acids is 1. The van der Waals surface area contributed by atoms with E-state index >= 15 is 0 Å². The predicted molar refractivity (Wildman–Crippen MR) is 114 cm³/mol. The number of nitrogen functional groups attached to an aromatic ring is 1. The molecular formula is C22H30N4O3. The maximum absolute atomic E-state index is 12.9. The van der Waals surface area contributed by atoms with Gasteiger partial charge in [-0.3, -0.25) is 18.7 Å². The number of nitrogens with zero attached hydrogens (tertiary/aromatic N) is 2. The predicted octanol–water partition coefficient (Wildman–Crippen LogP) is 2.01. The summed E-state index contributed by atoms with van der Waals surface area (Å²) in [4.78, 5) is 38.6. The molecule has 1 aliphatic carbocycles. The Morgan fingerprint density at radius 3 is 2.48 bits per heavy atom. The van der Waals surface area contributed by atoms with Gasteiger partial charge in [0, 0.05) is 12.6 Å². The minimum absolute atomic E-state index is 0.0434. The number of Topliss-reactive ketones (excluding diaryl/α,β-unsaturated/α-hetero) is 1. The average molecular weight is 399 g/mol. The van der Waals surface area contributed by atoms with Crippen LogP contribution in [0.1, 0.15) is 55.5 Å². The van der Waals surface area contributed by atoms with Gasteiger partial charge in [-0.05, 0) is 31.2 Å². The van der Waals surface area contributed by atoms with Crippen LogP contribution in [0.5, 0.6) is 0 Å². The number of anilines is 1. The van der Waals surface area contributed by atoms with Crippen LogP contribution in [-0.4, -0.2) is 27.5 Å². The monoisotopic (exact) mass is 398 g/mol. The quantitative estimate of drug-likeness (QED) is 0.695. The molecule has 0 saturated heterocycles. The SMILES string of the molecule is CCn1c(=O)c(C(=O)CNC2CCCCC2C)c(N)n(Cc2ccccc2)c1=O. The van der Waals surface area contributed by atoms with Crippen molar-refractivity contribution in [3.63, 3.8) is 0 Å². The molecule has 1 aliphatic rings. The fourth-order valence-corrected chi connectivity index (χ4v) is 4.11. The van der Waals surface area contributed by atoms with Crippen molar-refractivity contribution < 1.29 is 4.79 Å². The maximum atomic E-state index is 12.9. The first-order chi connectivity index (χ1) is 13.9. The molecule has 7 nitrogen and oxygen atoms in total. The van der Waals surface area contributed by atoms with Crippen molar-refractivity contribution >= 4 is 11.6 Å². The molecule has 2 aromatic rings. The highest BCUT2D eigenvalue weighted by molar-refractivity contribution is 6.01. The molecule has 0 spiro atoms. The van der Waals surface area contributed by atoms with Crippen molar-refractivity contribution in [2.45, 2.75) is 58.7 Å². The highest BCUT2D eigenvalue weighted by atomic mass is 16.2. The highest BCUT2D eigenvalue weighted by Gasteiger charge is 2.25. The second-order valence-electron chi connectivity index (χ2n) is 7.84. The highest BCUT2D eigenvalue weighted by Crippen LogP contribution is 2.23. The molecule has 29 heavy (non-hydrogen) atoms. The summed E-state index contributed by atoms with van der Waals surface area (Å²) >= 11 is 0. The van der Waals surface area contributed by atoms with Crippen LogP contribution < -0.4 is 22.3 Å². The molecule has 1 heterocycles. The van der Waals surface area contributed by atoms with Crippen molar-refractivity contribution in [3.05, 3.63) is 62.3 Å². The summed E-state index contributed by atoms with van der Waals surface area (Å²) in [6.45, 7) is 4.32. The normalized spacial score (nSPS) is 19.2. The lowest BCUT2D eigenvalue weighted by Gasteiger charge is -2.29. The summed E-state index contributed by atoms with van der Waals surface area (Å²) < 4.78 is 2.40. The maximum Gasteiger partial charge on any atom is 0.332 e. The van der Waals surface area contributed by atoms with Gasteiger partial charge < -0.3 is 11.1 Å². The lowest BCUT2D eigenvalue weighted by molar-refractivity contribution is 0.0978. The van der Waals surface area contributed by atoms with Crippen LogP contribution in [0.4, 0.5) is 5.82 Å². The summed E-state index contributed by atoms with van der Waals surface area (Å²) in [6.07, 6.45) is 4.52. The lowest BCUT2D eigenvalue weighted by Crippen LogP contribution is -2.46. The Morgan fingerprint density at radius 2 is 1.83 bits per heavy atom. The minimum atomic E-state index is -0.609. The van der Waals surface area contributed by atoms with E-state index in [1.54, 1.807) is 6.92 Å². The number of benzene rings is 1. The standard InChI is InChI=1S/C22H30N4O3/c1-3-25-21(28)19(18(27)13-24-17-12-8-7-9-15(17)2)20(23)26(22(25)29)14-16-10-5-4-6-11-16/h4-6,10-11,15,17,24H,3,7-9,12-14,23H2,1-2H3. The van der Waals surface area contributed by atoms with Crippen LogP contribution in [0, 0.1) is 5.92 Å². The summed E-state index contributed by atoms with van der Waals surface area (Å²) in [6, 6.07) is 9.64. The van der Waals surface area contributed by atoms with Crippen LogP contribution in [0.2, 0.25) is 0 Å². The number of nitrogens with two attached hydrogens (primary N) is 1. The number of hydrogen-bond acceptors (Lipinski definition) is 5. The second kappa shape index (κ2) is 9.22. The average Bonchev–Trinajstić information content (AvgIpc) is 2.72. The summed E-state index contributed by atoms with van der Waals surface area (Å²) in [5.41, 5.74) is 5.86. The molecule has 0 radical (unpaired) electrons. The number of carbonyl (C=O) groups is 1. The van der Waals surface area contributed by atoms with Gasteiger partial charge in [0.25, 0.3) is 5.56 Å². The van der Waals surface area contributed by atoms with Gasteiger partial charge in [-0.1, -0.05) is 50.1 Å². The van der Waals surface area contributed by atoms with E-state index in [2.05, 4.69) is 12.2 Å². The fraction of sp³-hybridized carbons (Fsp3) is 0.500. The molecule has 1 aromatic heterocycles. The summed E-state index contributed by atoms with van der Waals surface area (Å²) in [5, 5.41) is 3.30. The molecule has 1 saturated carbocycles. The molecule has 3 rings (SSSR count). The lowest BCUT2D eigenvalue weighted by atomic mass is 9.86. The van der Waals surface area contributed by atoms with E-state index in [9.17, 15) is 14.4 Å². The van der Waals surface area contributed by atoms with Gasteiger partial charge in [-0.15, -0.1) is 0 Å². The Kier molecular flexibility index (Phi) is 6.69. The van der Waals surface area contributed by atoms with Crippen molar-refractivity contribution in [2.24, 2.45) is 5.92 Å². The molecule has 0 amide bonds. The van der Waals surface area contributed by atoms with Crippen molar-refractivity contribution in [2.75, 3.05) is 12.3 Å². The van der Waals surface area contributed by atoms with Gasteiger partial charge in [-0.25, -0.2) is 4.79 Å². The Balaban J connectivity index is 1.92. The van der Waals surface area contributed by atoms with Gasteiger partial charge in [0.2, 0.25) is 0 Å². The fourth-order valence-electron chi connectivity index (χ4n) is 4.11. The van der Waals surface area contributed by atoms with Crippen molar-refractivity contribution in [3.8, 4) is 0 Å². The van der Waals surface area contributed by atoms with E-state index < -0.39 is 11.2 Å². The van der Waals surface area contributed by atoms with Gasteiger partial charge in [-0.2, -0.15) is 0 Å². The summed E-state index contributed by atoms with van der Waals surface area (Å²) in [7, 11) is 0. The van der Waals surface area contributed by atoms with Crippen LogP contribution in [0.25, 0.3) is 0 Å². The largest absolute Gasteiger partial charge is 0.384 e. The Morgan fingerprint density at radius 1 is 1.14 bits per heavy atom. The van der Waals surface area contributed by atoms with Gasteiger partial charge >= 0.3 is 5.69 Å². The molecule has 7 heteroatoms. The first kappa shape index (κ1) is 21.0. The molecule has 3 N–H and O–H groups in total. The third-order valence-electron chi connectivity index (χ3n) is 5.88. The molecule has 1 aromatic carbocycles. The third-order valence-corrected chi connectivity index (χ3v) is 5.88. The Labute approximate surface area is 170 Å². The molecule has 1 fully saturated rings. The van der Waals surface area contributed by atoms with Crippen LogP contribution in [0.15, 0.2) is 39.9 Å². The van der Waals surface area contributed by atoms with Crippen LogP contribution in [-0.2, 0) is 13.1 Å². The molecule has 156 valence electrons. The van der Waals surface area contributed by atoms with Crippen molar-refractivity contribution in [1.29, 1.82) is 0 Å². The second-order valence-corrected chi connectivity index (χ2v) is 7.84. The third kappa shape index (κ3) is 4.50. The zero-order valence-electron chi connectivity index (χ0n) is 17.2. The van der Waals surface area contributed by atoms with E-state index in [1.165, 1.54) is 11.0 Å². The van der Waals surface area contributed by atoms with E-state index in [4.69, 9.17) is 5.73 Å². The molecular weight excluding hydrogens is 368 g/mol. The van der Waals surface area contributed by atoms with E-state index in [0.29, 0.717) is 5.92 Å². The smallest absolute Gasteiger partial charge is 0.332 e. The first-order valence-corrected chi connectivity index (χ1v) is 10.4. The summed E-state index contributed by atoms with van der Waals surface area (Å²) in [5.74, 6) is 0.0690. The number of nitrogens with one attached hydrogen (secondary N) is 1. The zero-order valence-corrected chi connectivity index (χ0v) is 17.2. The molecule has 0 bridgehead atoms. The van der Waals surface area contributed by atoms with E-state index in [0.717, 1.165) is 29.4 Å². The van der Waals surface area contributed by atoms with E-state index in [1.807, 2.05) is 30.3 Å². The van der Waals surface area contributed by atoms with Crippen LogP contribution >= 0.6 is 0 Å². The number of ketones is 1. The van der Waals surface area contributed by atoms with Gasteiger partial charge in [0.1, 0.15) is 11.4 Å². The zero-order chi connectivity index (χ0) is 21.0. The topological polar surface area (TPSA) is 99.1 Å². The number of rotatable bonds is 7. The van der Waals surface area contributed by atoms with Gasteiger partial charge in [0.05, 0.1) is 13.1 Å². The minimum Gasteiger partial charge on any atom is -0.384 e. The van der Waals surface area contributed by atoms with Crippen molar-refractivity contribution in [1.82, 2.24) is 14.5 Å².